The van der Waals surface area contributed by atoms with Crippen LogP contribution in [0, 0.1) is 12.7 Å². The largest absolute Gasteiger partial charge is 0.480 e. The Labute approximate surface area is 107 Å². The van der Waals surface area contributed by atoms with Crippen molar-refractivity contribution in [3.63, 3.8) is 0 Å². The number of hydrogen-bond acceptors (Lipinski definition) is 3. The molecule has 7 heteroatoms. The molecule has 2 N–H and O–H groups in total. The first-order valence-corrected chi connectivity index (χ1v) is 5.58. The van der Waals surface area contributed by atoms with Gasteiger partial charge < -0.3 is 10.4 Å². The van der Waals surface area contributed by atoms with Gasteiger partial charge in [-0.1, -0.05) is 0 Å². The van der Waals surface area contributed by atoms with Crippen molar-refractivity contribution in [2.45, 2.75) is 19.9 Å². The summed E-state index contributed by atoms with van der Waals surface area (Å²) in [6.45, 7) is 2.95. The summed E-state index contributed by atoms with van der Waals surface area (Å²) < 4.78 is 14.5. The average molecular weight is 265 g/mol. The van der Waals surface area contributed by atoms with Crippen LogP contribution in [0.15, 0.2) is 18.3 Å². The van der Waals surface area contributed by atoms with Crippen molar-refractivity contribution < 1.29 is 19.1 Å². The van der Waals surface area contributed by atoms with Crippen LogP contribution in [0.2, 0.25) is 0 Å². The van der Waals surface area contributed by atoms with Gasteiger partial charge in [-0.3, -0.25) is 14.0 Å². The third-order valence-corrected chi connectivity index (χ3v) is 2.69. The van der Waals surface area contributed by atoms with E-state index in [9.17, 15) is 14.0 Å². The highest BCUT2D eigenvalue weighted by atomic mass is 19.1. The third-order valence-electron chi connectivity index (χ3n) is 2.69. The summed E-state index contributed by atoms with van der Waals surface area (Å²) in [4.78, 5) is 26.8. The molecule has 19 heavy (non-hydrogen) atoms. The molecule has 100 valence electrons. The molecule has 2 heterocycles. The van der Waals surface area contributed by atoms with Crippen molar-refractivity contribution in [2.24, 2.45) is 0 Å². The zero-order valence-electron chi connectivity index (χ0n) is 10.3. The lowest BCUT2D eigenvalue weighted by atomic mass is 10.3. The number of carbonyl (C=O) groups excluding carboxylic acids is 1. The molecule has 0 spiro atoms. The van der Waals surface area contributed by atoms with Gasteiger partial charge in [-0.05, 0) is 26.0 Å². The van der Waals surface area contributed by atoms with Gasteiger partial charge in [-0.25, -0.2) is 9.37 Å². The van der Waals surface area contributed by atoms with Crippen LogP contribution in [0.5, 0.6) is 0 Å². The first-order chi connectivity index (χ1) is 8.90. The number of nitrogens with one attached hydrogen (secondary N) is 1. The number of halogens is 1. The minimum Gasteiger partial charge on any atom is -0.480 e. The molecule has 2 rings (SSSR count). The maximum absolute atomic E-state index is 13.2. The molecule has 1 unspecified atom stereocenters. The Morgan fingerprint density at radius 3 is 2.79 bits per heavy atom. The van der Waals surface area contributed by atoms with Crippen LogP contribution in [0.25, 0.3) is 5.65 Å². The molecule has 0 fully saturated rings. The zero-order valence-corrected chi connectivity index (χ0v) is 10.3. The Morgan fingerprint density at radius 2 is 2.16 bits per heavy atom. The van der Waals surface area contributed by atoms with E-state index in [0.717, 1.165) is 6.20 Å². The van der Waals surface area contributed by atoms with Crippen molar-refractivity contribution in [2.75, 3.05) is 0 Å². The molecule has 0 aliphatic carbocycles. The zero-order chi connectivity index (χ0) is 14.2. The monoisotopic (exact) mass is 265 g/mol. The second kappa shape index (κ2) is 4.68. The molecule has 0 saturated carbocycles. The average Bonchev–Trinajstić information content (AvgIpc) is 2.64. The predicted octanol–water partition coefficient (Wildman–Crippen LogP) is 0.985. The normalized spacial score (nSPS) is 12.4. The first-order valence-electron chi connectivity index (χ1n) is 5.58. The van der Waals surface area contributed by atoms with Crippen molar-refractivity contribution in [3.05, 3.63) is 35.5 Å². The Bertz CT molecular complexity index is 666. The summed E-state index contributed by atoms with van der Waals surface area (Å²) in [6.07, 6.45) is 1.13. The summed E-state index contributed by atoms with van der Waals surface area (Å²) in [5, 5.41) is 11.1. The molecule has 0 aliphatic rings. The topological polar surface area (TPSA) is 83.7 Å². The van der Waals surface area contributed by atoms with Crippen molar-refractivity contribution >= 4 is 17.5 Å². The fourth-order valence-corrected chi connectivity index (χ4v) is 1.74. The Morgan fingerprint density at radius 1 is 1.47 bits per heavy atom. The molecule has 1 atom stereocenters. The van der Waals surface area contributed by atoms with Crippen LogP contribution in [-0.2, 0) is 4.79 Å². The molecular formula is C12H12FN3O3. The van der Waals surface area contributed by atoms with E-state index in [1.54, 1.807) is 6.92 Å². The number of aromatic nitrogens is 2. The van der Waals surface area contributed by atoms with E-state index in [1.165, 1.54) is 23.5 Å². The number of nitrogens with zero attached hydrogens (tertiary/aromatic N) is 2. The minimum absolute atomic E-state index is 0.127. The molecule has 1 amide bonds. The summed E-state index contributed by atoms with van der Waals surface area (Å²) in [7, 11) is 0. The number of carboxylic acid groups (broad SMARTS) is 1. The molecular weight excluding hydrogens is 253 g/mol. The lowest BCUT2D eigenvalue weighted by molar-refractivity contribution is -0.138. The Kier molecular flexibility index (Phi) is 3.20. The third kappa shape index (κ3) is 2.40. The molecule has 0 radical (unpaired) electrons. The van der Waals surface area contributed by atoms with Gasteiger partial charge in [-0.2, -0.15) is 0 Å². The second-order valence-corrected chi connectivity index (χ2v) is 4.15. The molecule has 0 aliphatic heterocycles. The lowest BCUT2D eigenvalue weighted by Gasteiger charge is -2.09. The van der Waals surface area contributed by atoms with Crippen LogP contribution in [-0.4, -0.2) is 32.4 Å². The fraction of sp³-hybridized carbons (Fsp3) is 0.250. The second-order valence-electron chi connectivity index (χ2n) is 4.15. The maximum Gasteiger partial charge on any atom is 0.325 e. The number of imidazole rings is 1. The molecule has 0 aromatic carbocycles. The number of aliphatic carboxylic acids is 1. The molecule has 0 saturated heterocycles. The maximum atomic E-state index is 13.2. The Hall–Kier alpha value is -2.44. The van der Waals surface area contributed by atoms with Gasteiger partial charge in [0.1, 0.15) is 23.2 Å². The van der Waals surface area contributed by atoms with E-state index in [0.29, 0.717) is 11.3 Å². The van der Waals surface area contributed by atoms with E-state index in [1.807, 2.05) is 0 Å². The summed E-state index contributed by atoms with van der Waals surface area (Å²) in [5.41, 5.74) is 0.954. The van der Waals surface area contributed by atoms with Crippen molar-refractivity contribution in [1.29, 1.82) is 0 Å². The first kappa shape index (κ1) is 13.0. The molecule has 2 aromatic heterocycles. The van der Waals surface area contributed by atoms with Crippen LogP contribution >= 0.6 is 0 Å². The quantitative estimate of drug-likeness (QED) is 0.866. The van der Waals surface area contributed by atoms with E-state index < -0.39 is 23.7 Å². The minimum atomic E-state index is -1.15. The SMILES string of the molecule is Cc1nc2ccc(F)cn2c1C(=O)NC(C)C(=O)O. The standard InChI is InChI=1S/C12H12FN3O3/c1-6-10(11(17)15-7(2)12(18)19)16-5-8(13)3-4-9(16)14-6/h3-5,7H,1-2H3,(H,15,17)(H,18,19). The number of amides is 1. The highest BCUT2D eigenvalue weighted by molar-refractivity contribution is 5.96. The van der Waals surface area contributed by atoms with Gasteiger partial charge >= 0.3 is 5.97 Å². The summed E-state index contributed by atoms with van der Waals surface area (Å²) in [6, 6.07) is 1.65. The summed E-state index contributed by atoms with van der Waals surface area (Å²) in [5.74, 6) is -2.26. The van der Waals surface area contributed by atoms with E-state index in [4.69, 9.17) is 5.11 Å². The van der Waals surface area contributed by atoms with E-state index >= 15 is 0 Å². The van der Waals surface area contributed by atoms with Crippen LogP contribution in [0.4, 0.5) is 4.39 Å². The van der Waals surface area contributed by atoms with Gasteiger partial charge in [0.05, 0.1) is 5.69 Å². The number of carbonyl (C=O) groups is 2. The smallest absolute Gasteiger partial charge is 0.325 e. The number of aryl methyl sites for hydroxylation is 1. The van der Waals surface area contributed by atoms with Crippen molar-refractivity contribution in [1.82, 2.24) is 14.7 Å². The number of fused-ring (bicyclic) bond motifs is 1. The number of rotatable bonds is 3. The van der Waals surface area contributed by atoms with Crippen molar-refractivity contribution in [3.8, 4) is 0 Å². The van der Waals surface area contributed by atoms with Crippen LogP contribution < -0.4 is 5.32 Å². The highest BCUT2D eigenvalue weighted by Crippen LogP contribution is 2.13. The predicted molar refractivity (Wildman–Crippen MR) is 64.5 cm³/mol. The lowest BCUT2D eigenvalue weighted by Crippen LogP contribution is -2.39. The number of pyridine rings is 1. The van der Waals surface area contributed by atoms with E-state index in [2.05, 4.69) is 10.3 Å². The fourth-order valence-electron chi connectivity index (χ4n) is 1.74. The van der Waals surface area contributed by atoms with Gasteiger partial charge in [0.15, 0.2) is 0 Å². The molecule has 0 bridgehead atoms. The molecule has 6 nitrogen and oxygen atoms in total. The van der Waals surface area contributed by atoms with Gasteiger partial charge in [-0.15, -0.1) is 0 Å². The number of carboxylic acids is 1. The van der Waals surface area contributed by atoms with Crippen LogP contribution in [0.3, 0.4) is 0 Å². The Balaban J connectivity index is 2.44. The molecule has 2 aromatic rings. The van der Waals surface area contributed by atoms with Gasteiger partial charge in [0.2, 0.25) is 0 Å². The highest BCUT2D eigenvalue weighted by Gasteiger charge is 2.21. The number of hydrogen-bond donors (Lipinski definition) is 2. The van der Waals surface area contributed by atoms with E-state index in [-0.39, 0.29) is 5.69 Å². The van der Waals surface area contributed by atoms with Gasteiger partial charge in [0.25, 0.3) is 5.91 Å². The van der Waals surface area contributed by atoms with Crippen LogP contribution in [0.1, 0.15) is 23.1 Å². The summed E-state index contributed by atoms with van der Waals surface area (Å²) >= 11 is 0. The van der Waals surface area contributed by atoms with Gasteiger partial charge in [0, 0.05) is 6.20 Å².